The highest BCUT2D eigenvalue weighted by Crippen LogP contribution is 2.27. The Morgan fingerprint density at radius 3 is 2.52 bits per heavy atom. The number of benzene rings is 1. The molecular weight excluding hydrogens is 288 g/mol. The zero-order chi connectivity index (χ0) is 15.6. The number of hydrogen-bond donors (Lipinski definition) is 2. The van der Waals surface area contributed by atoms with E-state index in [1.54, 1.807) is 12.1 Å². The number of aromatic nitrogens is 1. The minimum absolute atomic E-state index is 0.0408. The van der Waals surface area contributed by atoms with Crippen LogP contribution in [0.1, 0.15) is 24.1 Å². The van der Waals surface area contributed by atoms with Gasteiger partial charge in [-0.25, -0.2) is 13.4 Å². The molecule has 1 unspecified atom stereocenters. The van der Waals surface area contributed by atoms with E-state index >= 15 is 0 Å². The van der Waals surface area contributed by atoms with E-state index in [1.165, 1.54) is 12.3 Å². The van der Waals surface area contributed by atoms with Crippen LogP contribution in [-0.4, -0.2) is 24.8 Å². The Labute approximate surface area is 124 Å². The number of nitrogens with zero attached hydrogens (tertiary/aromatic N) is 1. The molecule has 1 aromatic carbocycles. The summed E-state index contributed by atoms with van der Waals surface area (Å²) in [7, 11) is -3.29. The van der Waals surface area contributed by atoms with Crippen molar-refractivity contribution >= 4 is 15.5 Å². The van der Waals surface area contributed by atoms with Crippen molar-refractivity contribution in [2.24, 2.45) is 0 Å². The number of pyridine rings is 1. The normalized spacial score (nSPS) is 12.9. The van der Waals surface area contributed by atoms with Gasteiger partial charge in [0.15, 0.2) is 14.9 Å². The Balaban J connectivity index is 2.20. The van der Waals surface area contributed by atoms with Gasteiger partial charge in [0.2, 0.25) is 0 Å². The second-order valence-corrected chi connectivity index (χ2v) is 7.05. The first-order chi connectivity index (χ1) is 9.77. The number of nitrogens with one attached hydrogen (secondary N) is 1. The summed E-state index contributed by atoms with van der Waals surface area (Å²) in [5, 5.41) is 13.1. The van der Waals surface area contributed by atoms with Crippen LogP contribution in [0.5, 0.6) is 5.75 Å². The molecule has 0 saturated carbocycles. The summed E-state index contributed by atoms with van der Waals surface area (Å²) in [5.74, 6) is 0.223. The van der Waals surface area contributed by atoms with Crippen LogP contribution in [0.3, 0.4) is 0 Å². The minimum atomic E-state index is -3.29. The maximum atomic E-state index is 11.4. The van der Waals surface area contributed by atoms with Gasteiger partial charge in [-0.05, 0) is 32.0 Å². The van der Waals surface area contributed by atoms with Crippen molar-refractivity contribution in [3.05, 3.63) is 47.7 Å². The predicted octanol–water partition coefficient (Wildman–Crippen LogP) is 2.67. The van der Waals surface area contributed by atoms with Crippen LogP contribution in [0.25, 0.3) is 0 Å². The predicted molar refractivity (Wildman–Crippen MR) is 82.2 cm³/mol. The Hall–Kier alpha value is -2.08. The molecule has 2 rings (SSSR count). The van der Waals surface area contributed by atoms with Crippen molar-refractivity contribution in [3.8, 4) is 5.75 Å². The highest BCUT2D eigenvalue weighted by atomic mass is 32.2. The fraction of sp³-hybridized carbons (Fsp3) is 0.267. The SMILES string of the molecule is Cc1ccc(O)c(C(C)Nc2ccc(S(C)(=O)=O)nc2)c1. The first-order valence-electron chi connectivity index (χ1n) is 6.49. The number of phenols is 1. The second kappa shape index (κ2) is 5.73. The molecule has 1 aromatic heterocycles. The molecule has 6 heteroatoms. The summed E-state index contributed by atoms with van der Waals surface area (Å²) in [6.45, 7) is 3.87. The Bertz CT molecular complexity index is 740. The largest absolute Gasteiger partial charge is 0.508 e. The summed E-state index contributed by atoms with van der Waals surface area (Å²) in [6, 6.07) is 8.40. The van der Waals surface area contributed by atoms with Gasteiger partial charge in [0.05, 0.1) is 17.9 Å². The fourth-order valence-electron chi connectivity index (χ4n) is 2.03. The molecule has 5 nitrogen and oxygen atoms in total. The molecule has 112 valence electrons. The van der Waals surface area contributed by atoms with Crippen LogP contribution < -0.4 is 5.32 Å². The van der Waals surface area contributed by atoms with E-state index in [1.807, 2.05) is 26.0 Å². The van der Waals surface area contributed by atoms with Crippen LogP contribution in [0, 0.1) is 6.92 Å². The summed E-state index contributed by atoms with van der Waals surface area (Å²) in [5.41, 5.74) is 2.53. The lowest BCUT2D eigenvalue weighted by molar-refractivity contribution is 0.465. The third-order valence-electron chi connectivity index (χ3n) is 3.15. The molecule has 0 aliphatic carbocycles. The molecule has 0 amide bonds. The summed E-state index contributed by atoms with van der Waals surface area (Å²) in [4.78, 5) is 3.92. The first-order valence-corrected chi connectivity index (χ1v) is 8.38. The summed E-state index contributed by atoms with van der Waals surface area (Å²) >= 11 is 0. The quantitative estimate of drug-likeness (QED) is 0.908. The van der Waals surface area contributed by atoms with E-state index in [4.69, 9.17) is 0 Å². The van der Waals surface area contributed by atoms with Gasteiger partial charge >= 0.3 is 0 Å². The molecular formula is C15H18N2O3S. The Morgan fingerprint density at radius 2 is 1.95 bits per heavy atom. The van der Waals surface area contributed by atoms with E-state index in [0.29, 0.717) is 5.69 Å². The van der Waals surface area contributed by atoms with Gasteiger partial charge in [-0.3, -0.25) is 0 Å². The minimum Gasteiger partial charge on any atom is -0.508 e. The van der Waals surface area contributed by atoms with Gasteiger partial charge in [-0.1, -0.05) is 17.7 Å². The highest BCUT2D eigenvalue weighted by molar-refractivity contribution is 7.90. The first kappa shape index (κ1) is 15.3. The van der Waals surface area contributed by atoms with Gasteiger partial charge in [-0.15, -0.1) is 0 Å². The van der Waals surface area contributed by atoms with Gasteiger partial charge in [-0.2, -0.15) is 0 Å². The van der Waals surface area contributed by atoms with Crippen molar-refractivity contribution in [3.63, 3.8) is 0 Å². The number of aromatic hydroxyl groups is 1. The number of rotatable bonds is 4. The standard InChI is InChI=1S/C15H18N2O3S/c1-10-4-6-14(18)13(8-10)11(2)17-12-5-7-15(16-9-12)21(3,19)20/h4-9,11,17-18H,1-3H3. The van der Waals surface area contributed by atoms with Crippen molar-refractivity contribution in [2.75, 3.05) is 11.6 Å². The molecule has 2 aromatic rings. The van der Waals surface area contributed by atoms with Crippen molar-refractivity contribution < 1.29 is 13.5 Å². The molecule has 21 heavy (non-hydrogen) atoms. The van der Waals surface area contributed by atoms with E-state index in [-0.39, 0.29) is 16.8 Å². The molecule has 0 saturated heterocycles. The lowest BCUT2D eigenvalue weighted by Crippen LogP contribution is -2.08. The van der Waals surface area contributed by atoms with Gasteiger partial charge in [0.1, 0.15) is 5.75 Å². The molecule has 1 atom stereocenters. The molecule has 0 spiro atoms. The van der Waals surface area contributed by atoms with E-state index in [0.717, 1.165) is 17.4 Å². The monoisotopic (exact) mass is 306 g/mol. The number of phenolic OH excluding ortho intramolecular Hbond substituents is 1. The van der Waals surface area contributed by atoms with Crippen LogP contribution in [0.15, 0.2) is 41.6 Å². The van der Waals surface area contributed by atoms with E-state index < -0.39 is 9.84 Å². The van der Waals surface area contributed by atoms with Crippen LogP contribution in [0.2, 0.25) is 0 Å². The molecule has 0 aliphatic heterocycles. The summed E-state index contributed by atoms with van der Waals surface area (Å²) in [6.07, 6.45) is 2.59. The molecule has 0 bridgehead atoms. The second-order valence-electron chi connectivity index (χ2n) is 5.09. The zero-order valence-electron chi connectivity index (χ0n) is 12.2. The van der Waals surface area contributed by atoms with E-state index in [2.05, 4.69) is 10.3 Å². The third kappa shape index (κ3) is 3.72. The number of aryl methyl sites for hydroxylation is 1. The molecule has 0 radical (unpaired) electrons. The fourth-order valence-corrected chi connectivity index (χ4v) is 2.59. The van der Waals surface area contributed by atoms with E-state index in [9.17, 15) is 13.5 Å². The van der Waals surface area contributed by atoms with Gasteiger partial charge in [0.25, 0.3) is 0 Å². The topological polar surface area (TPSA) is 79.3 Å². The van der Waals surface area contributed by atoms with Gasteiger partial charge < -0.3 is 10.4 Å². The molecule has 0 fully saturated rings. The zero-order valence-corrected chi connectivity index (χ0v) is 13.0. The highest BCUT2D eigenvalue weighted by Gasteiger charge is 2.12. The van der Waals surface area contributed by atoms with Crippen LogP contribution in [0.4, 0.5) is 5.69 Å². The average Bonchev–Trinajstić information content (AvgIpc) is 2.41. The van der Waals surface area contributed by atoms with Crippen LogP contribution >= 0.6 is 0 Å². The molecule has 0 aliphatic rings. The smallest absolute Gasteiger partial charge is 0.192 e. The van der Waals surface area contributed by atoms with Crippen molar-refractivity contribution in [2.45, 2.75) is 24.9 Å². The maximum absolute atomic E-state index is 11.4. The number of anilines is 1. The lowest BCUT2D eigenvalue weighted by Gasteiger charge is -2.17. The van der Waals surface area contributed by atoms with Gasteiger partial charge in [0, 0.05) is 11.8 Å². The number of hydrogen-bond acceptors (Lipinski definition) is 5. The maximum Gasteiger partial charge on any atom is 0.192 e. The number of sulfone groups is 1. The van der Waals surface area contributed by atoms with Crippen molar-refractivity contribution in [1.82, 2.24) is 4.98 Å². The molecule has 1 heterocycles. The summed E-state index contributed by atoms with van der Waals surface area (Å²) < 4.78 is 22.7. The Morgan fingerprint density at radius 1 is 1.24 bits per heavy atom. The van der Waals surface area contributed by atoms with Crippen molar-refractivity contribution in [1.29, 1.82) is 0 Å². The average molecular weight is 306 g/mol. The third-order valence-corrected chi connectivity index (χ3v) is 4.15. The Kier molecular flexibility index (Phi) is 4.18. The van der Waals surface area contributed by atoms with Crippen LogP contribution in [-0.2, 0) is 9.84 Å². The lowest BCUT2D eigenvalue weighted by atomic mass is 10.0. The molecule has 2 N–H and O–H groups in total.